The minimum absolute atomic E-state index is 0.00794. The van der Waals surface area contributed by atoms with Crippen molar-refractivity contribution in [2.24, 2.45) is 39.9 Å². The van der Waals surface area contributed by atoms with E-state index in [9.17, 15) is 19.8 Å². The van der Waals surface area contributed by atoms with Gasteiger partial charge in [0, 0.05) is 0 Å². The first kappa shape index (κ1) is 20.3. The second-order valence-electron chi connectivity index (χ2n) is 11.0. The molecule has 2 saturated carbocycles. The van der Waals surface area contributed by atoms with Gasteiger partial charge in [0.2, 0.25) is 0 Å². The molecule has 0 aliphatic heterocycles. The number of hydrogen-bond donors (Lipinski definition) is 2. The second kappa shape index (κ2) is 6.59. The molecule has 0 aromatic rings. The minimum atomic E-state index is -1.17. The fourth-order valence-corrected chi connectivity index (χ4v) is 5.75. The molecule has 0 spiro atoms. The number of carboxylic acid groups (broad SMARTS) is 2. The van der Waals surface area contributed by atoms with E-state index in [0.29, 0.717) is 24.7 Å². The SMILES string of the molecule is CC(C)(C)CC(C(=O)O)C(CC(C)(C)C)(C(=O)O)C1CC2CCC1C2. The second-order valence-corrected chi connectivity index (χ2v) is 11.0. The Labute approximate surface area is 152 Å². The molecule has 2 N–H and O–H groups in total. The Balaban J connectivity index is 2.55. The lowest BCUT2D eigenvalue weighted by molar-refractivity contribution is -0.175. The summed E-state index contributed by atoms with van der Waals surface area (Å²) in [5.74, 6) is -1.70. The number of fused-ring (bicyclic) bond motifs is 2. The van der Waals surface area contributed by atoms with Crippen molar-refractivity contribution in [1.29, 1.82) is 0 Å². The molecule has 0 saturated heterocycles. The first-order valence-electron chi connectivity index (χ1n) is 9.72. The Bertz CT molecular complexity index is 525. The molecule has 4 heteroatoms. The average molecular weight is 353 g/mol. The first-order valence-corrected chi connectivity index (χ1v) is 9.72. The molecule has 0 aromatic carbocycles. The third-order valence-electron chi connectivity index (χ3n) is 6.36. The van der Waals surface area contributed by atoms with Crippen LogP contribution in [0.5, 0.6) is 0 Å². The standard InChI is InChI=1S/C21H36O4/c1-19(2,3)11-16(17(22)23)21(18(24)25,12-20(4,5)6)15-10-13-7-8-14(15)9-13/h13-16H,7-12H2,1-6H3,(H,22,23)(H,24,25). The van der Waals surface area contributed by atoms with Crippen LogP contribution >= 0.6 is 0 Å². The van der Waals surface area contributed by atoms with Crippen LogP contribution < -0.4 is 0 Å². The Kier molecular flexibility index (Phi) is 5.34. The zero-order valence-corrected chi connectivity index (χ0v) is 16.8. The number of hydrogen-bond acceptors (Lipinski definition) is 2. The largest absolute Gasteiger partial charge is 0.481 e. The van der Waals surface area contributed by atoms with Gasteiger partial charge in [-0.3, -0.25) is 9.59 Å². The van der Waals surface area contributed by atoms with Gasteiger partial charge in [-0.1, -0.05) is 48.0 Å². The summed E-state index contributed by atoms with van der Waals surface area (Å²) in [7, 11) is 0. The van der Waals surface area contributed by atoms with E-state index in [1.807, 2.05) is 41.5 Å². The van der Waals surface area contributed by atoms with E-state index in [0.717, 1.165) is 19.3 Å². The molecule has 0 heterocycles. The molecule has 144 valence electrons. The number of aliphatic carboxylic acids is 2. The quantitative estimate of drug-likeness (QED) is 0.700. The van der Waals surface area contributed by atoms with Gasteiger partial charge in [-0.2, -0.15) is 0 Å². The van der Waals surface area contributed by atoms with E-state index in [2.05, 4.69) is 0 Å². The summed E-state index contributed by atoms with van der Waals surface area (Å²) >= 11 is 0. The predicted octanol–water partition coefficient (Wildman–Crippen LogP) is 5.07. The van der Waals surface area contributed by atoms with Crippen molar-refractivity contribution in [3.8, 4) is 0 Å². The third kappa shape index (κ3) is 4.20. The van der Waals surface area contributed by atoms with Crippen molar-refractivity contribution in [2.75, 3.05) is 0 Å². The fourth-order valence-electron chi connectivity index (χ4n) is 5.75. The Morgan fingerprint density at radius 3 is 1.88 bits per heavy atom. The van der Waals surface area contributed by atoms with Gasteiger partial charge in [-0.25, -0.2) is 0 Å². The summed E-state index contributed by atoms with van der Waals surface area (Å²) in [6.45, 7) is 12.1. The molecule has 25 heavy (non-hydrogen) atoms. The van der Waals surface area contributed by atoms with Crippen LogP contribution in [0.1, 0.15) is 80.1 Å². The normalized spacial score (nSPS) is 30.1. The summed E-state index contributed by atoms with van der Waals surface area (Å²) in [4.78, 5) is 25.0. The predicted molar refractivity (Wildman–Crippen MR) is 98.3 cm³/mol. The van der Waals surface area contributed by atoms with Crippen LogP contribution in [0.15, 0.2) is 0 Å². The highest BCUT2D eigenvalue weighted by Crippen LogP contribution is 2.61. The van der Waals surface area contributed by atoms with Gasteiger partial charge in [0.1, 0.15) is 0 Å². The summed E-state index contributed by atoms with van der Waals surface area (Å²) in [6.07, 6.45) is 5.06. The fraction of sp³-hybridized carbons (Fsp3) is 0.905. The molecule has 0 aromatic heterocycles. The summed E-state index contributed by atoms with van der Waals surface area (Å²) in [5.41, 5.74) is -1.62. The van der Waals surface area contributed by atoms with E-state index in [1.165, 1.54) is 6.42 Å². The highest BCUT2D eigenvalue weighted by atomic mass is 16.4. The molecular weight excluding hydrogens is 316 g/mol. The molecule has 2 aliphatic rings. The van der Waals surface area contributed by atoms with Gasteiger partial charge < -0.3 is 10.2 Å². The van der Waals surface area contributed by atoms with Crippen LogP contribution in [0.25, 0.3) is 0 Å². The summed E-state index contributed by atoms with van der Waals surface area (Å²) in [5, 5.41) is 20.5. The lowest BCUT2D eigenvalue weighted by Crippen LogP contribution is -2.52. The van der Waals surface area contributed by atoms with Crippen LogP contribution in [0.4, 0.5) is 0 Å². The molecule has 5 unspecified atom stereocenters. The van der Waals surface area contributed by atoms with E-state index in [-0.39, 0.29) is 16.7 Å². The molecule has 0 radical (unpaired) electrons. The zero-order chi connectivity index (χ0) is 19.2. The van der Waals surface area contributed by atoms with Crippen molar-refractivity contribution in [2.45, 2.75) is 80.1 Å². The van der Waals surface area contributed by atoms with Crippen LogP contribution in [0.2, 0.25) is 0 Å². The van der Waals surface area contributed by atoms with Crippen molar-refractivity contribution in [3.05, 3.63) is 0 Å². The Morgan fingerprint density at radius 1 is 0.960 bits per heavy atom. The van der Waals surface area contributed by atoms with Crippen LogP contribution in [-0.4, -0.2) is 22.2 Å². The molecule has 2 fully saturated rings. The molecular formula is C21H36O4. The molecule has 2 aliphatic carbocycles. The highest BCUT2D eigenvalue weighted by molar-refractivity contribution is 5.84. The van der Waals surface area contributed by atoms with Crippen molar-refractivity contribution in [1.82, 2.24) is 0 Å². The van der Waals surface area contributed by atoms with Crippen LogP contribution in [0.3, 0.4) is 0 Å². The third-order valence-corrected chi connectivity index (χ3v) is 6.36. The van der Waals surface area contributed by atoms with E-state index in [4.69, 9.17) is 0 Å². The summed E-state index contributed by atoms with van der Waals surface area (Å²) < 4.78 is 0. The first-order chi connectivity index (χ1) is 11.3. The average Bonchev–Trinajstić information content (AvgIpc) is 3.02. The molecule has 0 amide bonds. The Hall–Kier alpha value is -1.06. The maximum absolute atomic E-state index is 12.7. The van der Waals surface area contributed by atoms with Crippen LogP contribution in [-0.2, 0) is 9.59 Å². The zero-order valence-electron chi connectivity index (χ0n) is 16.8. The monoisotopic (exact) mass is 352 g/mol. The Morgan fingerprint density at radius 2 is 1.56 bits per heavy atom. The molecule has 2 bridgehead atoms. The molecule has 5 atom stereocenters. The molecule has 2 rings (SSSR count). The number of carboxylic acids is 2. The van der Waals surface area contributed by atoms with Gasteiger partial charge >= 0.3 is 11.9 Å². The van der Waals surface area contributed by atoms with E-state index >= 15 is 0 Å². The van der Waals surface area contributed by atoms with Crippen LogP contribution in [0, 0.1) is 39.9 Å². The lowest BCUT2D eigenvalue weighted by atomic mass is 9.54. The highest BCUT2D eigenvalue weighted by Gasteiger charge is 2.61. The van der Waals surface area contributed by atoms with Gasteiger partial charge in [-0.05, 0) is 60.7 Å². The topological polar surface area (TPSA) is 74.6 Å². The van der Waals surface area contributed by atoms with Gasteiger partial charge in [0.05, 0.1) is 11.3 Å². The van der Waals surface area contributed by atoms with E-state index < -0.39 is 23.3 Å². The smallest absolute Gasteiger partial charge is 0.310 e. The maximum atomic E-state index is 12.7. The number of rotatable bonds is 6. The van der Waals surface area contributed by atoms with Gasteiger partial charge in [-0.15, -0.1) is 0 Å². The van der Waals surface area contributed by atoms with Gasteiger partial charge in [0.15, 0.2) is 0 Å². The maximum Gasteiger partial charge on any atom is 0.310 e. The number of carbonyl (C=O) groups is 2. The minimum Gasteiger partial charge on any atom is -0.481 e. The van der Waals surface area contributed by atoms with Gasteiger partial charge in [0.25, 0.3) is 0 Å². The van der Waals surface area contributed by atoms with Crippen molar-refractivity contribution >= 4 is 11.9 Å². The van der Waals surface area contributed by atoms with Crippen molar-refractivity contribution in [3.63, 3.8) is 0 Å². The lowest BCUT2D eigenvalue weighted by Gasteiger charge is -2.47. The molecule has 4 nitrogen and oxygen atoms in total. The summed E-state index contributed by atoms with van der Waals surface area (Å²) in [6, 6.07) is 0. The van der Waals surface area contributed by atoms with E-state index in [1.54, 1.807) is 0 Å². The van der Waals surface area contributed by atoms with Crippen molar-refractivity contribution < 1.29 is 19.8 Å².